The van der Waals surface area contributed by atoms with Crippen LogP contribution in [0.4, 0.5) is 23.1 Å². The van der Waals surface area contributed by atoms with Gasteiger partial charge in [0.1, 0.15) is 23.5 Å². The number of rotatable bonds is 12. The van der Waals surface area contributed by atoms with Gasteiger partial charge in [0.15, 0.2) is 5.82 Å². The van der Waals surface area contributed by atoms with Gasteiger partial charge in [-0.25, -0.2) is 4.98 Å². The molecule has 4 aliphatic heterocycles. The highest BCUT2D eigenvalue weighted by molar-refractivity contribution is 6.06. The molecule has 2 saturated carbocycles. The van der Waals surface area contributed by atoms with Crippen LogP contribution >= 0.6 is 0 Å². The standard InChI is InChI=1S/C47H60N10O6/c1-4-37-46(62)54(2)39-26-49-47(53-42(39)57(37)33-9-5-6-10-33)51-36-17-12-28(24-40(36)63-3)43(59)50-31-13-15-32(16-14-31)55-22-20-30(21-23-55)48-25-29-8-7-11-34-35(29)27-56(45(34)61)38-18-19-41(58)52-44(38)60/h7-8,11-12,17,24,26,30-33,37-38,48H,4-6,9-10,13-16,18-23,25,27H2,1-3H3,(H,50,59)(H,49,51,53)(H,52,58,60)/t31?,32?,37-,38?/m1/s1. The zero-order chi connectivity index (χ0) is 43.8. The van der Waals surface area contributed by atoms with Gasteiger partial charge in [-0.15, -0.1) is 0 Å². The number of carbonyl (C=O) groups is 5. The van der Waals surface area contributed by atoms with E-state index in [2.05, 4.69) is 49.0 Å². The lowest BCUT2D eigenvalue weighted by Gasteiger charge is -2.43. The number of piperidine rings is 2. The van der Waals surface area contributed by atoms with Crippen molar-refractivity contribution in [3.8, 4) is 5.75 Å². The normalized spacial score (nSPS) is 24.7. The lowest BCUT2D eigenvalue weighted by Crippen LogP contribution is -2.55. The molecule has 1 aromatic heterocycles. The molecule has 2 saturated heterocycles. The second-order valence-electron chi connectivity index (χ2n) is 18.1. The van der Waals surface area contributed by atoms with Crippen molar-refractivity contribution >= 4 is 52.7 Å². The number of anilines is 4. The van der Waals surface area contributed by atoms with E-state index >= 15 is 0 Å². The summed E-state index contributed by atoms with van der Waals surface area (Å²) in [5, 5.41) is 12.7. The summed E-state index contributed by atoms with van der Waals surface area (Å²) in [6, 6.07) is 11.6. The van der Waals surface area contributed by atoms with Crippen molar-refractivity contribution in [2.45, 2.75) is 140 Å². The largest absolute Gasteiger partial charge is 0.495 e. The van der Waals surface area contributed by atoms with E-state index in [0.29, 0.717) is 72.2 Å². The molecule has 0 radical (unpaired) electrons. The molecule has 4 fully saturated rings. The smallest absolute Gasteiger partial charge is 0.255 e. The summed E-state index contributed by atoms with van der Waals surface area (Å²) in [6.45, 7) is 5.12. The Labute approximate surface area is 368 Å². The fourth-order valence-electron chi connectivity index (χ4n) is 10.9. The first-order chi connectivity index (χ1) is 30.6. The summed E-state index contributed by atoms with van der Waals surface area (Å²) in [4.78, 5) is 82.0. The number of hydrogen-bond acceptors (Lipinski definition) is 12. The second kappa shape index (κ2) is 18.2. The van der Waals surface area contributed by atoms with Gasteiger partial charge in [0.2, 0.25) is 23.7 Å². The van der Waals surface area contributed by atoms with Crippen LogP contribution in [-0.4, -0.2) is 113 Å². The fourth-order valence-corrected chi connectivity index (χ4v) is 10.9. The van der Waals surface area contributed by atoms with E-state index in [1.165, 1.54) is 0 Å². The molecule has 1 unspecified atom stereocenters. The monoisotopic (exact) mass is 860 g/mol. The Kier molecular flexibility index (Phi) is 12.4. The van der Waals surface area contributed by atoms with Crippen molar-refractivity contribution < 1.29 is 28.7 Å². The Balaban J connectivity index is 0.745. The predicted molar refractivity (Wildman–Crippen MR) is 238 cm³/mol. The minimum Gasteiger partial charge on any atom is -0.495 e. The summed E-state index contributed by atoms with van der Waals surface area (Å²) >= 11 is 0. The van der Waals surface area contributed by atoms with Crippen LogP contribution in [0.1, 0.15) is 122 Å². The van der Waals surface area contributed by atoms with Crippen molar-refractivity contribution in [3.05, 3.63) is 64.8 Å². The topological polar surface area (TPSA) is 181 Å². The summed E-state index contributed by atoms with van der Waals surface area (Å²) in [5.41, 5.74) is 4.57. The van der Waals surface area contributed by atoms with Crippen molar-refractivity contribution in [1.29, 1.82) is 0 Å². The average molecular weight is 861 g/mol. The van der Waals surface area contributed by atoms with E-state index in [4.69, 9.17) is 9.72 Å². The molecule has 4 N–H and O–H groups in total. The van der Waals surface area contributed by atoms with Gasteiger partial charge in [0, 0.05) is 61.9 Å². The Morgan fingerprint density at radius 1 is 0.921 bits per heavy atom. The van der Waals surface area contributed by atoms with Gasteiger partial charge in [-0.1, -0.05) is 31.9 Å². The van der Waals surface area contributed by atoms with Crippen LogP contribution in [0, 0.1) is 0 Å². The van der Waals surface area contributed by atoms with E-state index in [1.807, 2.05) is 18.2 Å². The maximum atomic E-state index is 13.6. The number of aromatic nitrogens is 2. The molecule has 5 amide bonds. The van der Waals surface area contributed by atoms with Crippen LogP contribution in [0.2, 0.25) is 0 Å². The molecular formula is C47H60N10O6. The van der Waals surface area contributed by atoms with Gasteiger partial charge in [0.25, 0.3) is 11.8 Å². The number of hydrogen-bond donors (Lipinski definition) is 4. The van der Waals surface area contributed by atoms with Crippen LogP contribution < -0.4 is 35.8 Å². The minimum absolute atomic E-state index is 0.0735. The van der Waals surface area contributed by atoms with E-state index in [0.717, 1.165) is 94.2 Å². The maximum absolute atomic E-state index is 13.6. The second-order valence-corrected chi connectivity index (χ2v) is 18.1. The summed E-state index contributed by atoms with van der Waals surface area (Å²) in [5.74, 6) is 0.812. The SMILES string of the molecule is CC[C@@H]1C(=O)N(C)c2cnc(Nc3ccc(C(=O)NC4CCC(N5CCC(NCc6cccc7c6CN(C6CCC(=O)NC6=O)C7=O)CC5)CC4)cc3OC)nc2N1C1CCCC1. The number of carbonyl (C=O) groups excluding carboxylic acids is 5. The zero-order valence-electron chi connectivity index (χ0n) is 36.7. The van der Waals surface area contributed by atoms with Crippen LogP contribution in [0.25, 0.3) is 0 Å². The number of nitrogens with one attached hydrogen (secondary N) is 4. The first kappa shape index (κ1) is 42.7. The van der Waals surface area contributed by atoms with E-state index < -0.39 is 11.9 Å². The van der Waals surface area contributed by atoms with E-state index in [1.54, 1.807) is 42.3 Å². The third-order valence-corrected chi connectivity index (χ3v) is 14.5. The van der Waals surface area contributed by atoms with Gasteiger partial charge in [-0.3, -0.25) is 29.3 Å². The number of likely N-dealkylation sites (N-methyl/N-ethyl adjacent to an activating group) is 1. The van der Waals surface area contributed by atoms with Gasteiger partial charge in [-0.05, 0) is 113 Å². The first-order valence-electron chi connectivity index (χ1n) is 23.0. The van der Waals surface area contributed by atoms with Gasteiger partial charge in [-0.2, -0.15) is 4.98 Å². The molecule has 6 aliphatic rings. The highest BCUT2D eigenvalue weighted by Crippen LogP contribution is 2.41. The lowest BCUT2D eigenvalue weighted by atomic mass is 9.88. The number of methoxy groups -OCH3 is 1. The molecule has 0 bridgehead atoms. The number of amides is 5. The molecule has 3 aromatic rings. The number of fused-ring (bicyclic) bond motifs is 2. The highest BCUT2D eigenvalue weighted by Gasteiger charge is 2.42. The Bertz CT molecular complexity index is 2250. The zero-order valence-corrected chi connectivity index (χ0v) is 36.7. The quantitative estimate of drug-likeness (QED) is 0.183. The van der Waals surface area contributed by atoms with Crippen LogP contribution in [0.3, 0.4) is 0 Å². The number of nitrogens with zero attached hydrogens (tertiary/aromatic N) is 6. The minimum atomic E-state index is -0.617. The number of ether oxygens (including phenoxy) is 1. The van der Waals surface area contributed by atoms with Crippen molar-refractivity contribution in [2.24, 2.45) is 0 Å². The van der Waals surface area contributed by atoms with Gasteiger partial charge in [0.05, 0.1) is 19.0 Å². The van der Waals surface area contributed by atoms with E-state index in [9.17, 15) is 24.0 Å². The summed E-state index contributed by atoms with van der Waals surface area (Å²) in [7, 11) is 3.38. The molecule has 2 aliphatic carbocycles. The van der Waals surface area contributed by atoms with Crippen LogP contribution in [0.5, 0.6) is 5.75 Å². The molecule has 63 heavy (non-hydrogen) atoms. The molecule has 16 nitrogen and oxygen atoms in total. The number of imide groups is 1. The predicted octanol–water partition coefficient (Wildman–Crippen LogP) is 4.79. The molecule has 16 heteroatoms. The van der Waals surface area contributed by atoms with Crippen molar-refractivity contribution in [1.82, 2.24) is 35.7 Å². The maximum Gasteiger partial charge on any atom is 0.255 e. The molecule has 334 valence electrons. The van der Waals surface area contributed by atoms with Crippen molar-refractivity contribution in [2.75, 3.05) is 42.4 Å². The lowest BCUT2D eigenvalue weighted by molar-refractivity contribution is -0.137. The molecule has 2 aromatic carbocycles. The van der Waals surface area contributed by atoms with Gasteiger partial charge >= 0.3 is 0 Å². The highest BCUT2D eigenvalue weighted by atomic mass is 16.5. The Morgan fingerprint density at radius 2 is 1.70 bits per heavy atom. The fraction of sp³-hybridized carbons (Fsp3) is 0.553. The van der Waals surface area contributed by atoms with Crippen LogP contribution in [-0.2, 0) is 27.5 Å². The number of likely N-dealkylation sites (tertiary alicyclic amines) is 1. The van der Waals surface area contributed by atoms with E-state index in [-0.39, 0.29) is 48.2 Å². The molecule has 0 spiro atoms. The summed E-state index contributed by atoms with van der Waals surface area (Å²) in [6.07, 6.45) is 13.4. The van der Waals surface area contributed by atoms with Crippen LogP contribution in [0.15, 0.2) is 42.6 Å². The third-order valence-electron chi connectivity index (χ3n) is 14.5. The average Bonchev–Trinajstić information content (AvgIpc) is 3.96. The molecule has 9 rings (SSSR count). The number of benzene rings is 2. The van der Waals surface area contributed by atoms with Crippen molar-refractivity contribution in [3.63, 3.8) is 0 Å². The molecular weight excluding hydrogens is 801 g/mol. The third kappa shape index (κ3) is 8.59. The molecule has 2 atom stereocenters. The van der Waals surface area contributed by atoms with Gasteiger partial charge < -0.3 is 40.3 Å². The Hall–Kier alpha value is -5.61. The molecule has 5 heterocycles. The Morgan fingerprint density at radius 3 is 2.43 bits per heavy atom. The first-order valence-corrected chi connectivity index (χ1v) is 23.0. The summed E-state index contributed by atoms with van der Waals surface area (Å²) < 4.78 is 5.75.